The van der Waals surface area contributed by atoms with Gasteiger partial charge in [-0.1, -0.05) is 13.3 Å². The van der Waals surface area contributed by atoms with E-state index in [9.17, 15) is 9.59 Å². The van der Waals surface area contributed by atoms with Crippen molar-refractivity contribution in [1.82, 2.24) is 0 Å². The van der Waals surface area contributed by atoms with Gasteiger partial charge in [-0.05, 0) is 24.6 Å². The fraction of sp³-hybridized carbons (Fsp3) is 0.385. The molecule has 1 unspecified atom stereocenters. The number of hydrogen-bond acceptors (Lipinski definition) is 4. The molecule has 0 radical (unpaired) electrons. The summed E-state index contributed by atoms with van der Waals surface area (Å²) in [6.45, 7) is 2.00. The third-order valence-electron chi connectivity index (χ3n) is 3.10. The molecule has 1 aliphatic rings. The van der Waals surface area contributed by atoms with Crippen molar-refractivity contribution in [2.45, 2.75) is 26.2 Å². The highest BCUT2D eigenvalue weighted by Gasteiger charge is 2.38. The van der Waals surface area contributed by atoms with E-state index in [4.69, 9.17) is 11.5 Å². The summed E-state index contributed by atoms with van der Waals surface area (Å²) in [6.07, 6.45) is 1.90. The van der Waals surface area contributed by atoms with E-state index in [1.807, 2.05) is 6.92 Å². The van der Waals surface area contributed by atoms with Crippen molar-refractivity contribution in [3.63, 3.8) is 0 Å². The van der Waals surface area contributed by atoms with Crippen molar-refractivity contribution in [2.75, 3.05) is 16.4 Å². The van der Waals surface area contributed by atoms with Crippen molar-refractivity contribution in [3.05, 3.63) is 18.2 Å². The quantitative estimate of drug-likeness (QED) is 0.626. The summed E-state index contributed by atoms with van der Waals surface area (Å²) in [5.41, 5.74) is 12.7. The zero-order valence-corrected chi connectivity index (χ0v) is 10.3. The minimum atomic E-state index is -0.204. The molecule has 18 heavy (non-hydrogen) atoms. The minimum Gasteiger partial charge on any atom is -0.399 e. The second-order valence-electron chi connectivity index (χ2n) is 4.61. The van der Waals surface area contributed by atoms with E-state index in [1.165, 1.54) is 4.90 Å². The molecule has 4 N–H and O–H groups in total. The molecule has 0 spiro atoms. The van der Waals surface area contributed by atoms with Crippen molar-refractivity contribution >= 4 is 28.9 Å². The second kappa shape index (κ2) is 4.68. The van der Waals surface area contributed by atoms with Crippen LogP contribution < -0.4 is 16.4 Å². The molecule has 2 rings (SSSR count). The molecule has 5 heteroatoms. The molecule has 0 saturated carbocycles. The fourth-order valence-corrected chi connectivity index (χ4v) is 2.33. The zero-order valence-electron chi connectivity index (χ0n) is 10.3. The molecular formula is C13H17N3O2. The van der Waals surface area contributed by atoms with Crippen LogP contribution in [0.4, 0.5) is 17.1 Å². The van der Waals surface area contributed by atoms with Crippen LogP contribution in [0.3, 0.4) is 0 Å². The normalized spacial score (nSPS) is 19.6. The van der Waals surface area contributed by atoms with Gasteiger partial charge in [0.1, 0.15) is 0 Å². The van der Waals surface area contributed by atoms with E-state index >= 15 is 0 Å². The van der Waals surface area contributed by atoms with Crippen LogP contribution >= 0.6 is 0 Å². The highest BCUT2D eigenvalue weighted by molar-refractivity contribution is 6.21. The van der Waals surface area contributed by atoms with E-state index < -0.39 is 0 Å². The van der Waals surface area contributed by atoms with Crippen molar-refractivity contribution in [2.24, 2.45) is 5.92 Å². The van der Waals surface area contributed by atoms with Crippen LogP contribution in [0.15, 0.2) is 18.2 Å². The number of hydrogen-bond donors (Lipinski definition) is 2. The molecular weight excluding hydrogens is 230 g/mol. The molecule has 1 saturated heterocycles. The summed E-state index contributed by atoms with van der Waals surface area (Å²) < 4.78 is 0. The van der Waals surface area contributed by atoms with Gasteiger partial charge in [-0.15, -0.1) is 0 Å². The van der Waals surface area contributed by atoms with Gasteiger partial charge in [0.15, 0.2) is 0 Å². The third kappa shape index (κ3) is 2.16. The maximum absolute atomic E-state index is 12.2. The molecule has 0 aliphatic carbocycles. The predicted octanol–water partition coefficient (Wildman–Crippen LogP) is 1.53. The number of anilines is 3. The molecule has 1 aromatic rings. The molecule has 5 nitrogen and oxygen atoms in total. The third-order valence-corrected chi connectivity index (χ3v) is 3.10. The van der Waals surface area contributed by atoms with Crippen LogP contribution in [-0.4, -0.2) is 11.8 Å². The summed E-state index contributed by atoms with van der Waals surface area (Å²) in [4.78, 5) is 25.3. The molecule has 1 aliphatic heterocycles. The number of amides is 2. The Hall–Kier alpha value is -2.04. The molecule has 0 aromatic heterocycles. The van der Waals surface area contributed by atoms with Gasteiger partial charge in [-0.3, -0.25) is 14.5 Å². The van der Waals surface area contributed by atoms with Gasteiger partial charge in [-0.2, -0.15) is 0 Å². The van der Waals surface area contributed by atoms with Gasteiger partial charge >= 0.3 is 0 Å². The van der Waals surface area contributed by atoms with Gasteiger partial charge < -0.3 is 11.5 Å². The average Bonchev–Trinajstić information content (AvgIpc) is 2.53. The Bertz CT molecular complexity index is 479. The van der Waals surface area contributed by atoms with Crippen molar-refractivity contribution in [3.8, 4) is 0 Å². The van der Waals surface area contributed by atoms with Crippen LogP contribution in [0.2, 0.25) is 0 Å². The van der Waals surface area contributed by atoms with Crippen LogP contribution in [0.5, 0.6) is 0 Å². The molecule has 2 amide bonds. The van der Waals surface area contributed by atoms with Gasteiger partial charge in [0, 0.05) is 23.7 Å². The fourth-order valence-electron chi connectivity index (χ4n) is 2.33. The molecule has 1 atom stereocenters. The number of imide groups is 1. The van der Waals surface area contributed by atoms with Crippen molar-refractivity contribution < 1.29 is 9.59 Å². The van der Waals surface area contributed by atoms with Crippen LogP contribution in [-0.2, 0) is 9.59 Å². The van der Waals surface area contributed by atoms with E-state index in [-0.39, 0.29) is 24.2 Å². The summed E-state index contributed by atoms with van der Waals surface area (Å²) in [7, 11) is 0. The molecule has 96 valence electrons. The Morgan fingerprint density at radius 2 is 1.83 bits per heavy atom. The topological polar surface area (TPSA) is 89.4 Å². The minimum absolute atomic E-state index is 0.146. The summed E-state index contributed by atoms with van der Waals surface area (Å²) in [5.74, 6) is -0.527. The average molecular weight is 247 g/mol. The first-order chi connectivity index (χ1) is 8.52. The molecule has 1 aromatic carbocycles. The first-order valence-corrected chi connectivity index (χ1v) is 6.05. The van der Waals surface area contributed by atoms with Crippen LogP contribution in [0.25, 0.3) is 0 Å². The highest BCUT2D eigenvalue weighted by atomic mass is 16.2. The lowest BCUT2D eigenvalue weighted by atomic mass is 10.0. The summed E-state index contributed by atoms with van der Waals surface area (Å²) >= 11 is 0. The van der Waals surface area contributed by atoms with E-state index in [1.54, 1.807) is 18.2 Å². The second-order valence-corrected chi connectivity index (χ2v) is 4.61. The van der Waals surface area contributed by atoms with Crippen molar-refractivity contribution in [1.29, 1.82) is 0 Å². The SMILES string of the molecule is CCCC1CC(=O)N(c2cc(N)cc(N)c2)C1=O. The highest BCUT2D eigenvalue weighted by Crippen LogP contribution is 2.31. The Morgan fingerprint density at radius 1 is 1.22 bits per heavy atom. The van der Waals surface area contributed by atoms with Gasteiger partial charge in [0.05, 0.1) is 5.69 Å². The maximum Gasteiger partial charge on any atom is 0.237 e. The number of rotatable bonds is 3. The lowest BCUT2D eigenvalue weighted by Crippen LogP contribution is -2.30. The first kappa shape index (κ1) is 12.4. The van der Waals surface area contributed by atoms with Gasteiger partial charge in [0.2, 0.25) is 11.8 Å². The van der Waals surface area contributed by atoms with E-state index in [0.717, 1.165) is 12.8 Å². The lowest BCUT2D eigenvalue weighted by molar-refractivity contribution is -0.122. The number of nitrogen functional groups attached to an aromatic ring is 2. The first-order valence-electron chi connectivity index (χ1n) is 6.05. The smallest absolute Gasteiger partial charge is 0.237 e. The molecule has 1 heterocycles. The number of nitrogens with two attached hydrogens (primary N) is 2. The number of carbonyl (C=O) groups is 2. The van der Waals surface area contributed by atoms with E-state index in [2.05, 4.69) is 0 Å². The van der Waals surface area contributed by atoms with E-state index in [0.29, 0.717) is 17.1 Å². The van der Waals surface area contributed by atoms with Gasteiger partial charge in [-0.25, -0.2) is 0 Å². The van der Waals surface area contributed by atoms with Crippen LogP contribution in [0.1, 0.15) is 26.2 Å². The molecule has 1 fully saturated rings. The Labute approximate surface area is 106 Å². The maximum atomic E-state index is 12.2. The number of nitrogens with zero attached hydrogens (tertiary/aromatic N) is 1. The Balaban J connectivity index is 2.32. The largest absolute Gasteiger partial charge is 0.399 e. The molecule has 0 bridgehead atoms. The predicted molar refractivity (Wildman–Crippen MR) is 70.8 cm³/mol. The standard InChI is InChI=1S/C13H17N3O2/c1-2-3-8-4-12(17)16(13(8)18)11-6-9(14)5-10(15)7-11/h5-8H,2-4,14-15H2,1H3. The summed E-state index contributed by atoms with van der Waals surface area (Å²) in [5, 5.41) is 0. The lowest BCUT2D eigenvalue weighted by Gasteiger charge is -2.16. The summed E-state index contributed by atoms with van der Waals surface area (Å²) in [6, 6.07) is 4.79. The number of carbonyl (C=O) groups excluding carboxylic acids is 2. The zero-order chi connectivity index (χ0) is 13.3. The number of benzene rings is 1. The van der Waals surface area contributed by atoms with Crippen LogP contribution in [0, 0.1) is 5.92 Å². The Morgan fingerprint density at radius 3 is 2.39 bits per heavy atom. The monoisotopic (exact) mass is 247 g/mol. The Kier molecular flexibility index (Phi) is 3.23. The van der Waals surface area contributed by atoms with Gasteiger partial charge in [0.25, 0.3) is 0 Å².